The van der Waals surface area contributed by atoms with Crippen LogP contribution in [0.1, 0.15) is 37.7 Å². The van der Waals surface area contributed by atoms with Crippen LogP contribution in [0, 0.1) is 0 Å². The second kappa shape index (κ2) is 10.3. The normalized spacial score (nSPS) is 16.1. The minimum Gasteiger partial charge on any atom is -0.495 e. The van der Waals surface area contributed by atoms with Gasteiger partial charge in [0.05, 0.1) is 17.0 Å². The average Bonchev–Trinajstić information content (AvgIpc) is 2.74. The third-order valence-electron chi connectivity index (χ3n) is 5.28. The first-order valence-electron chi connectivity index (χ1n) is 10.1. The summed E-state index contributed by atoms with van der Waals surface area (Å²) >= 11 is 6.10. The lowest BCUT2D eigenvalue weighted by Gasteiger charge is -2.26. The Labute approximate surface area is 183 Å². The van der Waals surface area contributed by atoms with Gasteiger partial charge in [0.25, 0.3) is 0 Å². The van der Waals surface area contributed by atoms with Gasteiger partial charge in [-0.25, -0.2) is 8.42 Å². The molecule has 0 spiro atoms. The highest BCUT2D eigenvalue weighted by Crippen LogP contribution is 2.27. The van der Waals surface area contributed by atoms with Gasteiger partial charge in [0.15, 0.2) is 0 Å². The summed E-state index contributed by atoms with van der Waals surface area (Å²) in [5.41, 5.74) is 0.872. The number of rotatable bonds is 8. The van der Waals surface area contributed by atoms with Gasteiger partial charge in [-0.3, -0.25) is 4.79 Å². The summed E-state index contributed by atoms with van der Waals surface area (Å²) in [5, 5.41) is 3.22. The van der Waals surface area contributed by atoms with Crippen molar-refractivity contribution in [3.8, 4) is 5.75 Å². The Morgan fingerprint density at radius 3 is 2.47 bits per heavy atom. The van der Waals surface area contributed by atoms with Gasteiger partial charge >= 0.3 is 0 Å². The van der Waals surface area contributed by atoms with E-state index in [1.54, 1.807) is 0 Å². The van der Waals surface area contributed by atoms with E-state index in [2.05, 4.69) is 10.0 Å². The summed E-state index contributed by atoms with van der Waals surface area (Å²) in [5.74, 6) is 0.0698. The van der Waals surface area contributed by atoms with Crippen LogP contribution >= 0.6 is 11.6 Å². The Hall–Kier alpha value is -2.09. The molecule has 30 heavy (non-hydrogen) atoms. The largest absolute Gasteiger partial charge is 0.495 e. The Morgan fingerprint density at radius 1 is 1.13 bits per heavy atom. The van der Waals surface area contributed by atoms with Gasteiger partial charge in [0, 0.05) is 6.04 Å². The summed E-state index contributed by atoms with van der Waals surface area (Å²) in [6.45, 7) is 0. The predicted octanol–water partition coefficient (Wildman–Crippen LogP) is 3.69. The Morgan fingerprint density at radius 2 is 1.83 bits per heavy atom. The molecule has 0 bridgehead atoms. The molecule has 2 aromatic rings. The van der Waals surface area contributed by atoms with E-state index in [-0.39, 0.29) is 28.3 Å². The van der Waals surface area contributed by atoms with Crippen molar-refractivity contribution in [1.29, 1.82) is 0 Å². The first kappa shape index (κ1) is 22.6. The highest BCUT2D eigenvalue weighted by molar-refractivity contribution is 7.89. The van der Waals surface area contributed by atoms with Gasteiger partial charge in [-0.2, -0.15) is 4.72 Å². The number of carbonyl (C=O) groups is 1. The molecule has 0 unspecified atom stereocenters. The number of ether oxygens (including phenoxy) is 1. The number of hydrogen-bond donors (Lipinski definition) is 2. The van der Waals surface area contributed by atoms with Gasteiger partial charge in [0.1, 0.15) is 11.8 Å². The Kier molecular flexibility index (Phi) is 7.75. The summed E-state index contributed by atoms with van der Waals surface area (Å²) in [7, 11) is -2.51. The number of halogens is 1. The second-order valence-corrected chi connectivity index (χ2v) is 9.62. The summed E-state index contributed by atoms with van der Waals surface area (Å²) in [6, 6.07) is 12.7. The molecule has 3 rings (SSSR count). The fourth-order valence-electron chi connectivity index (χ4n) is 3.66. The van der Waals surface area contributed by atoms with Gasteiger partial charge in [-0.05, 0) is 43.0 Å². The number of hydrogen-bond acceptors (Lipinski definition) is 4. The SMILES string of the molecule is COc1ccc(S(=O)(=O)N[C@@H](Cc2ccccc2)C(=O)NC2CCCCC2)cc1Cl. The number of carbonyl (C=O) groups excluding carboxylic acids is 1. The molecule has 0 aliphatic heterocycles. The van der Waals surface area contributed by atoms with Crippen molar-refractivity contribution in [2.24, 2.45) is 0 Å². The van der Waals surface area contributed by atoms with Crippen LogP contribution in [0.15, 0.2) is 53.4 Å². The van der Waals surface area contributed by atoms with Crippen LogP contribution in [0.3, 0.4) is 0 Å². The molecule has 6 nitrogen and oxygen atoms in total. The summed E-state index contributed by atoms with van der Waals surface area (Å²) in [6.07, 6.45) is 5.41. The van der Waals surface area contributed by atoms with E-state index in [4.69, 9.17) is 16.3 Å². The molecule has 1 saturated carbocycles. The first-order valence-corrected chi connectivity index (χ1v) is 12.0. The van der Waals surface area contributed by atoms with Gasteiger partial charge in [-0.1, -0.05) is 61.2 Å². The summed E-state index contributed by atoms with van der Waals surface area (Å²) in [4.78, 5) is 13.0. The Bertz CT molecular complexity index is 960. The minimum atomic E-state index is -3.96. The van der Waals surface area contributed by atoms with Crippen LogP contribution in [0.25, 0.3) is 0 Å². The number of amides is 1. The van der Waals surface area contributed by atoms with Crippen molar-refractivity contribution in [2.45, 2.75) is 55.5 Å². The fourth-order valence-corrected chi connectivity index (χ4v) is 5.20. The van der Waals surface area contributed by atoms with Crippen LogP contribution in [0.2, 0.25) is 5.02 Å². The Balaban J connectivity index is 1.81. The van der Waals surface area contributed by atoms with Crippen LogP contribution in [-0.2, 0) is 21.2 Å². The second-order valence-electron chi connectivity index (χ2n) is 7.50. The third kappa shape index (κ3) is 5.97. The third-order valence-corrected chi connectivity index (χ3v) is 7.05. The van der Waals surface area contributed by atoms with Crippen LogP contribution in [-0.4, -0.2) is 33.5 Å². The van der Waals surface area contributed by atoms with E-state index in [1.165, 1.54) is 31.7 Å². The van der Waals surface area contributed by atoms with Crippen molar-refractivity contribution in [3.05, 3.63) is 59.1 Å². The van der Waals surface area contributed by atoms with Crippen molar-refractivity contribution in [3.63, 3.8) is 0 Å². The molecular formula is C22H27ClN2O4S. The maximum absolute atomic E-state index is 13.0. The molecule has 1 aliphatic rings. The van der Waals surface area contributed by atoms with E-state index in [0.717, 1.165) is 31.2 Å². The van der Waals surface area contributed by atoms with Crippen molar-refractivity contribution in [1.82, 2.24) is 10.0 Å². The number of nitrogens with one attached hydrogen (secondary N) is 2. The molecule has 2 aromatic carbocycles. The zero-order chi connectivity index (χ0) is 21.6. The lowest BCUT2D eigenvalue weighted by Crippen LogP contribution is -2.50. The number of sulfonamides is 1. The molecule has 162 valence electrons. The topological polar surface area (TPSA) is 84.5 Å². The first-order chi connectivity index (χ1) is 14.4. The maximum Gasteiger partial charge on any atom is 0.241 e. The van der Waals surface area contributed by atoms with Crippen LogP contribution < -0.4 is 14.8 Å². The van der Waals surface area contributed by atoms with Crippen LogP contribution in [0.5, 0.6) is 5.75 Å². The lowest BCUT2D eigenvalue weighted by atomic mass is 9.95. The summed E-state index contributed by atoms with van der Waals surface area (Å²) < 4.78 is 33.6. The van der Waals surface area contributed by atoms with Crippen LogP contribution in [0.4, 0.5) is 0 Å². The minimum absolute atomic E-state index is 0.0168. The van der Waals surface area contributed by atoms with E-state index >= 15 is 0 Å². The molecule has 0 radical (unpaired) electrons. The van der Waals surface area contributed by atoms with E-state index < -0.39 is 16.1 Å². The van der Waals surface area contributed by atoms with Crippen molar-refractivity contribution >= 4 is 27.5 Å². The van der Waals surface area contributed by atoms with Crippen molar-refractivity contribution in [2.75, 3.05) is 7.11 Å². The average molecular weight is 451 g/mol. The smallest absolute Gasteiger partial charge is 0.241 e. The van der Waals surface area contributed by atoms with E-state index in [0.29, 0.717) is 5.75 Å². The van der Waals surface area contributed by atoms with E-state index in [1.807, 2.05) is 30.3 Å². The lowest BCUT2D eigenvalue weighted by molar-refractivity contribution is -0.123. The zero-order valence-electron chi connectivity index (χ0n) is 16.9. The molecule has 1 atom stereocenters. The van der Waals surface area contributed by atoms with Gasteiger partial charge < -0.3 is 10.1 Å². The standard InChI is InChI=1S/C22H27ClN2O4S/c1-29-21-13-12-18(15-19(21)23)30(27,28)25-20(14-16-8-4-2-5-9-16)22(26)24-17-10-6-3-7-11-17/h2,4-5,8-9,12-13,15,17,20,25H,3,6-7,10-11,14H2,1H3,(H,24,26)/t20-/m0/s1. The molecule has 0 aromatic heterocycles. The molecular weight excluding hydrogens is 424 g/mol. The number of methoxy groups -OCH3 is 1. The molecule has 8 heteroatoms. The highest BCUT2D eigenvalue weighted by atomic mass is 35.5. The van der Waals surface area contributed by atoms with E-state index in [9.17, 15) is 13.2 Å². The quantitative estimate of drug-likeness (QED) is 0.642. The molecule has 2 N–H and O–H groups in total. The highest BCUT2D eigenvalue weighted by Gasteiger charge is 2.28. The molecule has 0 heterocycles. The van der Waals surface area contributed by atoms with Gasteiger partial charge in [-0.15, -0.1) is 0 Å². The fraction of sp³-hybridized carbons (Fsp3) is 0.409. The number of benzene rings is 2. The predicted molar refractivity (Wildman–Crippen MR) is 117 cm³/mol. The maximum atomic E-state index is 13.0. The van der Waals surface area contributed by atoms with Crippen molar-refractivity contribution < 1.29 is 17.9 Å². The molecule has 1 aliphatic carbocycles. The van der Waals surface area contributed by atoms with Gasteiger partial charge in [0.2, 0.25) is 15.9 Å². The molecule has 0 saturated heterocycles. The molecule has 1 amide bonds. The molecule has 1 fully saturated rings. The zero-order valence-corrected chi connectivity index (χ0v) is 18.5. The monoisotopic (exact) mass is 450 g/mol.